The van der Waals surface area contributed by atoms with E-state index in [0.717, 1.165) is 12.8 Å². The standard InChI is InChI=1S/C21H28FNO4/c1-6-8-11-27-18-15-10-9-14(22)12-16(15)19(24)23(13-21(3,4)5)17(18)20(25)26-7-2/h9-10,12H,6-8,11,13H2,1-5H3. The minimum Gasteiger partial charge on any atom is -0.490 e. The smallest absolute Gasteiger partial charge is 0.358 e. The molecule has 0 aliphatic heterocycles. The first-order valence-corrected chi connectivity index (χ1v) is 9.35. The quantitative estimate of drug-likeness (QED) is 0.525. The fraction of sp³-hybridized carbons (Fsp3) is 0.524. The molecule has 0 saturated carbocycles. The van der Waals surface area contributed by atoms with Gasteiger partial charge in [-0.3, -0.25) is 9.36 Å². The zero-order valence-corrected chi connectivity index (χ0v) is 16.7. The van der Waals surface area contributed by atoms with Crippen LogP contribution in [0.5, 0.6) is 5.75 Å². The molecule has 0 bridgehead atoms. The molecule has 0 amide bonds. The maximum atomic E-state index is 13.8. The Bertz CT molecular complexity index is 880. The van der Waals surface area contributed by atoms with Gasteiger partial charge in [0.25, 0.3) is 5.56 Å². The van der Waals surface area contributed by atoms with E-state index in [2.05, 4.69) is 0 Å². The van der Waals surface area contributed by atoms with Gasteiger partial charge in [0.05, 0.1) is 18.6 Å². The van der Waals surface area contributed by atoms with E-state index in [1.165, 1.54) is 22.8 Å². The number of benzene rings is 1. The summed E-state index contributed by atoms with van der Waals surface area (Å²) in [6.45, 7) is 10.5. The molecule has 0 radical (unpaired) electrons. The van der Waals surface area contributed by atoms with E-state index in [1.54, 1.807) is 6.92 Å². The third-order valence-electron chi connectivity index (χ3n) is 4.03. The molecule has 0 saturated heterocycles. The van der Waals surface area contributed by atoms with Gasteiger partial charge in [0.2, 0.25) is 0 Å². The fourth-order valence-corrected chi connectivity index (χ4v) is 2.88. The van der Waals surface area contributed by atoms with Crippen LogP contribution in [-0.2, 0) is 11.3 Å². The Balaban J connectivity index is 2.84. The Labute approximate surface area is 159 Å². The molecule has 5 nitrogen and oxygen atoms in total. The second-order valence-corrected chi connectivity index (χ2v) is 7.74. The second-order valence-electron chi connectivity index (χ2n) is 7.74. The van der Waals surface area contributed by atoms with Crippen LogP contribution in [0.15, 0.2) is 23.0 Å². The zero-order valence-electron chi connectivity index (χ0n) is 16.7. The van der Waals surface area contributed by atoms with Gasteiger partial charge in [0.15, 0.2) is 11.4 Å². The van der Waals surface area contributed by atoms with Gasteiger partial charge in [0.1, 0.15) is 5.82 Å². The van der Waals surface area contributed by atoms with E-state index in [0.29, 0.717) is 12.0 Å². The Morgan fingerprint density at radius 2 is 1.89 bits per heavy atom. The van der Waals surface area contributed by atoms with Crippen molar-refractivity contribution in [2.24, 2.45) is 5.41 Å². The van der Waals surface area contributed by atoms with E-state index in [1.807, 2.05) is 27.7 Å². The van der Waals surface area contributed by atoms with Crippen molar-refractivity contribution >= 4 is 16.7 Å². The molecule has 148 valence electrons. The molecular weight excluding hydrogens is 349 g/mol. The van der Waals surface area contributed by atoms with E-state index in [4.69, 9.17) is 9.47 Å². The summed E-state index contributed by atoms with van der Waals surface area (Å²) in [5.41, 5.74) is -0.621. The van der Waals surface area contributed by atoms with Crippen LogP contribution in [0.4, 0.5) is 4.39 Å². The average Bonchev–Trinajstić information content (AvgIpc) is 2.58. The molecule has 1 aromatic carbocycles. The molecule has 0 aliphatic carbocycles. The number of pyridine rings is 1. The van der Waals surface area contributed by atoms with Crippen LogP contribution in [0, 0.1) is 11.2 Å². The van der Waals surface area contributed by atoms with Crippen molar-refractivity contribution in [3.63, 3.8) is 0 Å². The molecule has 2 rings (SSSR count). The van der Waals surface area contributed by atoms with Crippen molar-refractivity contribution in [3.8, 4) is 5.75 Å². The summed E-state index contributed by atoms with van der Waals surface area (Å²) in [5.74, 6) is -0.845. The van der Waals surface area contributed by atoms with Gasteiger partial charge >= 0.3 is 5.97 Å². The molecule has 1 heterocycles. The van der Waals surface area contributed by atoms with Crippen molar-refractivity contribution < 1.29 is 18.7 Å². The number of fused-ring (bicyclic) bond motifs is 1. The van der Waals surface area contributed by atoms with Gasteiger partial charge in [-0.25, -0.2) is 9.18 Å². The number of hydrogen-bond donors (Lipinski definition) is 0. The number of esters is 1. The number of carbonyl (C=O) groups is 1. The van der Waals surface area contributed by atoms with E-state index >= 15 is 0 Å². The number of hydrogen-bond acceptors (Lipinski definition) is 4. The van der Waals surface area contributed by atoms with Crippen molar-refractivity contribution in [2.75, 3.05) is 13.2 Å². The Morgan fingerprint density at radius 3 is 2.48 bits per heavy atom. The van der Waals surface area contributed by atoms with Gasteiger partial charge in [-0.2, -0.15) is 0 Å². The number of nitrogens with zero attached hydrogens (tertiary/aromatic N) is 1. The third-order valence-corrected chi connectivity index (χ3v) is 4.03. The summed E-state index contributed by atoms with van der Waals surface area (Å²) in [4.78, 5) is 25.8. The molecule has 0 atom stereocenters. The van der Waals surface area contributed by atoms with Crippen molar-refractivity contribution in [1.82, 2.24) is 4.57 Å². The summed E-state index contributed by atoms with van der Waals surface area (Å²) in [6, 6.07) is 3.94. The lowest BCUT2D eigenvalue weighted by molar-refractivity contribution is 0.0504. The molecule has 0 unspecified atom stereocenters. The van der Waals surface area contributed by atoms with Crippen LogP contribution in [0.2, 0.25) is 0 Å². The van der Waals surface area contributed by atoms with Gasteiger partial charge in [-0.15, -0.1) is 0 Å². The number of ether oxygens (including phenoxy) is 2. The lowest BCUT2D eigenvalue weighted by Gasteiger charge is -2.24. The lowest BCUT2D eigenvalue weighted by atomic mass is 9.96. The lowest BCUT2D eigenvalue weighted by Crippen LogP contribution is -2.32. The molecule has 2 aromatic rings. The highest BCUT2D eigenvalue weighted by molar-refractivity contribution is 5.99. The average molecular weight is 377 g/mol. The van der Waals surface area contributed by atoms with Crippen molar-refractivity contribution in [3.05, 3.63) is 40.1 Å². The maximum absolute atomic E-state index is 13.8. The Hall–Kier alpha value is -2.37. The van der Waals surface area contributed by atoms with E-state index in [-0.39, 0.29) is 35.4 Å². The van der Waals surface area contributed by atoms with Crippen LogP contribution < -0.4 is 10.3 Å². The van der Waals surface area contributed by atoms with Gasteiger partial charge in [0, 0.05) is 11.9 Å². The first-order chi connectivity index (χ1) is 12.7. The summed E-state index contributed by atoms with van der Waals surface area (Å²) in [7, 11) is 0. The topological polar surface area (TPSA) is 57.5 Å². The fourth-order valence-electron chi connectivity index (χ4n) is 2.88. The predicted molar refractivity (Wildman–Crippen MR) is 104 cm³/mol. The SMILES string of the molecule is CCCCOc1c(C(=O)OCC)n(CC(C)(C)C)c(=O)c2cc(F)ccc12. The van der Waals surface area contributed by atoms with Crippen LogP contribution in [-0.4, -0.2) is 23.8 Å². The third kappa shape index (κ3) is 4.87. The number of rotatable bonds is 7. The largest absolute Gasteiger partial charge is 0.490 e. The number of unbranched alkanes of at least 4 members (excludes halogenated alkanes) is 1. The monoisotopic (exact) mass is 377 g/mol. The number of carbonyl (C=O) groups excluding carboxylic acids is 1. The summed E-state index contributed by atoms with van der Waals surface area (Å²) < 4.78 is 26.3. The normalized spacial score (nSPS) is 11.6. The van der Waals surface area contributed by atoms with Gasteiger partial charge < -0.3 is 9.47 Å². The Morgan fingerprint density at radius 1 is 1.19 bits per heavy atom. The molecule has 0 spiro atoms. The first-order valence-electron chi connectivity index (χ1n) is 9.35. The summed E-state index contributed by atoms with van der Waals surface area (Å²) >= 11 is 0. The minimum absolute atomic E-state index is 0.0898. The maximum Gasteiger partial charge on any atom is 0.358 e. The van der Waals surface area contributed by atoms with Crippen LogP contribution >= 0.6 is 0 Å². The highest BCUT2D eigenvalue weighted by atomic mass is 19.1. The van der Waals surface area contributed by atoms with Crippen LogP contribution in [0.1, 0.15) is 57.9 Å². The highest BCUT2D eigenvalue weighted by Gasteiger charge is 2.27. The van der Waals surface area contributed by atoms with Gasteiger partial charge in [-0.05, 0) is 37.0 Å². The van der Waals surface area contributed by atoms with E-state index < -0.39 is 17.3 Å². The van der Waals surface area contributed by atoms with Crippen molar-refractivity contribution in [1.29, 1.82) is 0 Å². The number of aromatic nitrogens is 1. The predicted octanol–water partition coefficient (Wildman–Crippen LogP) is 4.54. The van der Waals surface area contributed by atoms with Crippen molar-refractivity contribution in [2.45, 2.75) is 54.0 Å². The zero-order chi connectivity index (χ0) is 20.2. The van der Waals surface area contributed by atoms with Crippen LogP contribution in [0.3, 0.4) is 0 Å². The summed E-state index contributed by atoms with van der Waals surface area (Å²) in [5, 5.41) is 0.615. The first kappa shape index (κ1) is 20.9. The summed E-state index contributed by atoms with van der Waals surface area (Å²) in [6.07, 6.45) is 1.71. The highest BCUT2D eigenvalue weighted by Crippen LogP contribution is 2.31. The molecule has 0 aliphatic rings. The molecule has 0 fully saturated rings. The van der Waals surface area contributed by atoms with Crippen LogP contribution in [0.25, 0.3) is 10.8 Å². The molecule has 27 heavy (non-hydrogen) atoms. The Kier molecular flexibility index (Phi) is 6.63. The van der Waals surface area contributed by atoms with E-state index in [9.17, 15) is 14.0 Å². The molecule has 6 heteroatoms. The number of halogens is 1. The molecular formula is C21H28FNO4. The second kappa shape index (κ2) is 8.55. The van der Waals surface area contributed by atoms with Gasteiger partial charge in [-0.1, -0.05) is 34.1 Å². The minimum atomic E-state index is -0.614. The molecule has 0 N–H and O–H groups in total. The molecule has 1 aromatic heterocycles.